The first-order valence-electron chi connectivity index (χ1n) is 9.59. The molecule has 2 heterocycles. The minimum Gasteiger partial charge on any atom is -0.495 e. The number of aromatic nitrogens is 2. The molecular formula is C21H25N5O3S. The van der Waals surface area contributed by atoms with Gasteiger partial charge >= 0.3 is 0 Å². The Morgan fingerprint density at radius 3 is 2.63 bits per heavy atom. The third-order valence-corrected chi connectivity index (χ3v) is 5.62. The van der Waals surface area contributed by atoms with E-state index in [-0.39, 0.29) is 5.91 Å². The van der Waals surface area contributed by atoms with Gasteiger partial charge in [0.1, 0.15) is 16.5 Å². The van der Waals surface area contributed by atoms with Gasteiger partial charge in [-0.2, -0.15) is 0 Å². The van der Waals surface area contributed by atoms with E-state index in [2.05, 4.69) is 15.3 Å². The first kappa shape index (κ1) is 21.5. The molecule has 0 aliphatic carbocycles. The zero-order chi connectivity index (χ0) is 21.7. The SMILES string of the molecule is CCN(CC)CC(=O)Nc1cc(-c2nc(-c3c[nH]c(C(N)=O)c3)cs2)ccc1OC. The van der Waals surface area contributed by atoms with Crippen molar-refractivity contribution in [3.63, 3.8) is 0 Å². The summed E-state index contributed by atoms with van der Waals surface area (Å²) in [5, 5.41) is 5.63. The zero-order valence-corrected chi connectivity index (χ0v) is 18.0. The van der Waals surface area contributed by atoms with Crippen LogP contribution >= 0.6 is 11.3 Å². The van der Waals surface area contributed by atoms with E-state index < -0.39 is 5.91 Å². The van der Waals surface area contributed by atoms with Crippen LogP contribution < -0.4 is 15.8 Å². The fraction of sp³-hybridized carbons (Fsp3) is 0.286. The summed E-state index contributed by atoms with van der Waals surface area (Å²) in [5.74, 6) is -0.0302. The predicted molar refractivity (Wildman–Crippen MR) is 119 cm³/mol. The molecule has 2 aromatic heterocycles. The van der Waals surface area contributed by atoms with Gasteiger partial charge in [-0.3, -0.25) is 14.5 Å². The number of H-pyrrole nitrogens is 1. The Labute approximate surface area is 179 Å². The maximum Gasteiger partial charge on any atom is 0.265 e. The summed E-state index contributed by atoms with van der Waals surface area (Å²) in [6.45, 7) is 5.97. The number of nitrogens with one attached hydrogen (secondary N) is 2. The van der Waals surface area contributed by atoms with Gasteiger partial charge in [0.05, 0.1) is 25.0 Å². The molecule has 0 aliphatic rings. The lowest BCUT2D eigenvalue weighted by atomic mass is 10.2. The number of hydrogen-bond donors (Lipinski definition) is 3. The minimum atomic E-state index is -0.517. The van der Waals surface area contributed by atoms with E-state index in [9.17, 15) is 9.59 Å². The maximum atomic E-state index is 12.4. The number of primary amides is 1. The highest BCUT2D eigenvalue weighted by molar-refractivity contribution is 7.13. The van der Waals surface area contributed by atoms with Crippen LogP contribution in [-0.2, 0) is 4.79 Å². The Morgan fingerprint density at radius 1 is 1.23 bits per heavy atom. The third-order valence-electron chi connectivity index (χ3n) is 4.73. The highest BCUT2D eigenvalue weighted by Crippen LogP contribution is 2.34. The minimum absolute atomic E-state index is 0.0970. The van der Waals surface area contributed by atoms with E-state index in [1.165, 1.54) is 11.3 Å². The molecule has 0 atom stereocenters. The summed E-state index contributed by atoms with van der Waals surface area (Å²) >= 11 is 1.47. The summed E-state index contributed by atoms with van der Waals surface area (Å²) in [5.41, 5.74) is 8.61. The Hall–Kier alpha value is -3.17. The number of thiazole rings is 1. The number of carbonyl (C=O) groups is 2. The maximum absolute atomic E-state index is 12.4. The lowest BCUT2D eigenvalue weighted by molar-refractivity contribution is -0.117. The van der Waals surface area contributed by atoms with Gasteiger partial charge in [-0.15, -0.1) is 11.3 Å². The molecule has 1 aromatic carbocycles. The van der Waals surface area contributed by atoms with Crippen molar-refractivity contribution >= 4 is 28.8 Å². The number of aromatic amines is 1. The molecule has 0 unspecified atom stereocenters. The van der Waals surface area contributed by atoms with Gasteiger partial charge < -0.3 is 20.8 Å². The van der Waals surface area contributed by atoms with Crippen molar-refractivity contribution in [2.45, 2.75) is 13.8 Å². The van der Waals surface area contributed by atoms with Crippen LogP contribution in [0.4, 0.5) is 5.69 Å². The van der Waals surface area contributed by atoms with Gasteiger partial charge in [0.25, 0.3) is 5.91 Å². The van der Waals surface area contributed by atoms with Crippen LogP contribution in [0.25, 0.3) is 21.8 Å². The smallest absolute Gasteiger partial charge is 0.265 e. The van der Waals surface area contributed by atoms with Crippen LogP contribution in [0.2, 0.25) is 0 Å². The molecule has 3 rings (SSSR count). The molecule has 0 bridgehead atoms. The van der Waals surface area contributed by atoms with Crippen molar-refractivity contribution in [2.24, 2.45) is 5.73 Å². The summed E-state index contributed by atoms with van der Waals surface area (Å²) in [6, 6.07) is 7.24. The predicted octanol–water partition coefficient (Wildman–Crippen LogP) is 3.19. The first-order chi connectivity index (χ1) is 14.4. The second kappa shape index (κ2) is 9.55. The molecule has 2 amide bonds. The topological polar surface area (TPSA) is 113 Å². The third kappa shape index (κ3) is 4.87. The number of benzene rings is 1. The molecule has 0 radical (unpaired) electrons. The first-order valence-corrected chi connectivity index (χ1v) is 10.5. The molecule has 8 nitrogen and oxygen atoms in total. The number of hydrogen-bond acceptors (Lipinski definition) is 6. The molecule has 3 aromatic rings. The standard InChI is InChI=1S/C21H25N5O3S/c1-4-26(5-2)11-19(27)24-15-8-13(6-7-18(15)29-3)21-25-17(12-30-21)14-9-16(20(22)28)23-10-14/h6-10,12,23H,4-5,11H2,1-3H3,(H2,22,28)(H,24,27). The summed E-state index contributed by atoms with van der Waals surface area (Å²) in [4.78, 5) is 33.3. The molecular weight excluding hydrogens is 402 g/mol. The monoisotopic (exact) mass is 427 g/mol. The van der Waals surface area contributed by atoms with E-state index >= 15 is 0 Å². The van der Waals surface area contributed by atoms with Gasteiger partial charge in [0.2, 0.25) is 5.91 Å². The van der Waals surface area contributed by atoms with E-state index in [1.807, 2.05) is 42.3 Å². The van der Waals surface area contributed by atoms with E-state index in [0.717, 1.165) is 34.9 Å². The van der Waals surface area contributed by atoms with Crippen LogP contribution in [0.5, 0.6) is 5.75 Å². The van der Waals surface area contributed by atoms with E-state index in [0.29, 0.717) is 23.7 Å². The van der Waals surface area contributed by atoms with Crippen LogP contribution in [0.3, 0.4) is 0 Å². The Morgan fingerprint density at radius 2 is 2.00 bits per heavy atom. The second-order valence-electron chi connectivity index (χ2n) is 6.63. The summed E-state index contributed by atoms with van der Waals surface area (Å²) in [7, 11) is 1.57. The van der Waals surface area contributed by atoms with Gasteiger partial charge in [-0.1, -0.05) is 13.8 Å². The van der Waals surface area contributed by atoms with Crippen molar-refractivity contribution in [2.75, 3.05) is 32.1 Å². The number of rotatable bonds is 9. The molecule has 0 saturated carbocycles. The van der Waals surface area contributed by atoms with Crippen molar-refractivity contribution in [3.8, 4) is 27.6 Å². The normalized spacial score (nSPS) is 10.9. The van der Waals surface area contributed by atoms with Crippen molar-refractivity contribution in [1.82, 2.24) is 14.9 Å². The summed E-state index contributed by atoms with van der Waals surface area (Å²) < 4.78 is 5.40. The van der Waals surface area contributed by atoms with Crippen LogP contribution in [0.1, 0.15) is 24.3 Å². The average molecular weight is 428 g/mol. The molecule has 0 spiro atoms. The average Bonchev–Trinajstić information content (AvgIpc) is 3.41. The fourth-order valence-electron chi connectivity index (χ4n) is 3.00. The molecule has 0 saturated heterocycles. The molecule has 0 fully saturated rings. The van der Waals surface area contributed by atoms with Crippen molar-refractivity contribution < 1.29 is 14.3 Å². The van der Waals surface area contributed by atoms with Gasteiger partial charge in [-0.05, 0) is 37.4 Å². The van der Waals surface area contributed by atoms with Crippen molar-refractivity contribution in [1.29, 1.82) is 0 Å². The Bertz CT molecular complexity index is 1040. The van der Waals surface area contributed by atoms with Gasteiger partial charge in [-0.25, -0.2) is 4.98 Å². The number of nitrogens with two attached hydrogens (primary N) is 1. The number of amides is 2. The molecule has 0 aliphatic heterocycles. The highest BCUT2D eigenvalue weighted by Gasteiger charge is 2.14. The molecule has 9 heteroatoms. The Balaban J connectivity index is 1.83. The number of nitrogens with zero attached hydrogens (tertiary/aromatic N) is 2. The number of ether oxygens (including phenoxy) is 1. The van der Waals surface area contributed by atoms with Crippen LogP contribution in [0, 0.1) is 0 Å². The van der Waals surface area contributed by atoms with E-state index in [1.54, 1.807) is 19.4 Å². The lowest BCUT2D eigenvalue weighted by Crippen LogP contribution is -2.33. The largest absolute Gasteiger partial charge is 0.495 e. The lowest BCUT2D eigenvalue weighted by Gasteiger charge is -2.18. The number of methoxy groups -OCH3 is 1. The molecule has 30 heavy (non-hydrogen) atoms. The van der Waals surface area contributed by atoms with E-state index in [4.69, 9.17) is 10.5 Å². The number of carbonyl (C=O) groups excluding carboxylic acids is 2. The van der Waals surface area contributed by atoms with Gasteiger partial charge in [0, 0.05) is 22.7 Å². The fourth-order valence-corrected chi connectivity index (χ4v) is 3.83. The quantitative estimate of drug-likeness (QED) is 0.485. The molecule has 158 valence electrons. The Kier molecular flexibility index (Phi) is 6.86. The highest BCUT2D eigenvalue weighted by atomic mass is 32.1. The zero-order valence-electron chi connectivity index (χ0n) is 17.2. The number of anilines is 1. The van der Waals surface area contributed by atoms with Gasteiger partial charge in [0.15, 0.2) is 0 Å². The van der Waals surface area contributed by atoms with Crippen molar-refractivity contribution in [3.05, 3.63) is 41.5 Å². The van der Waals surface area contributed by atoms with Crippen LogP contribution in [0.15, 0.2) is 35.8 Å². The number of likely N-dealkylation sites (N-methyl/N-ethyl adjacent to an activating group) is 1. The molecule has 4 N–H and O–H groups in total. The van der Waals surface area contributed by atoms with Crippen LogP contribution in [-0.4, -0.2) is 53.4 Å². The summed E-state index contributed by atoms with van der Waals surface area (Å²) in [6.07, 6.45) is 1.70. The second-order valence-corrected chi connectivity index (χ2v) is 7.49.